The Bertz CT molecular complexity index is 702. The van der Waals surface area contributed by atoms with E-state index in [1.54, 1.807) is 24.0 Å². The summed E-state index contributed by atoms with van der Waals surface area (Å²) in [4.78, 5) is 19.1. The number of hydrogen-bond donors (Lipinski definition) is 1. The standard InChI is InChI=1S/C16H19N3O2S/c1-22-15-5-11-7-17-13(6-14(11)21-15)16(20)18-12-4-10-2-3-19(8-10)9-12/h5-7,10,12H,2-4,8-9H2,1H3,(H,18,20)/t10-,12-/m1/s1. The molecule has 2 aromatic rings. The fourth-order valence-corrected chi connectivity index (χ4v) is 3.98. The number of nitrogens with zero attached hydrogens (tertiary/aromatic N) is 2. The first-order chi connectivity index (χ1) is 10.7. The highest BCUT2D eigenvalue weighted by molar-refractivity contribution is 7.98. The van der Waals surface area contributed by atoms with E-state index in [0.29, 0.717) is 5.69 Å². The van der Waals surface area contributed by atoms with Crippen molar-refractivity contribution in [2.75, 3.05) is 25.9 Å². The summed E-state index contributed by atoms with van der Waals surface area (Å²) in [6.45, 7) is 3.33. The van der Waals surface area contributed by atoms with Gasteiger partial charge in [0.05, 0.1) is 0 Å². The second kappa shape index (κ2) is 5.59. The first kappa shape index (κ1) is 14.1. The number of amides is 1. The van der Waals surface area contributed by atoms with E-state index in [-0.39, 0.29) is 11.9 Å². The first-order valence-corrected chi connectivity index (χ1v) is 8.90. The number of aromatic nitrogens is 1. The zero-order chi connectivity index (χ0) is 15.1. The fraction of sp³-hybridized carbons (Fsp3) is 0.500. The number of carbonyl (C=O) groups excluding carboxylic acids is 1. The molecule has 2 aliphatic rings. The van der Waals surface area contributed by atoms with Gasteiger partial charge in [0.1, 0.15) is 11.3 Å². The SMILES string of the molecule is CSc1cc2cnc(C(=O)N[C@@H]3C[C@H]4CCN(C4)C3)cc2o1. The molecule has 1 unspecified atom stereocenters. The molecule has 5 nitrogen and oxygen atoms in total. The molecule has 2 aromatic heterocycles. The molecule has 0 aliphatic carbocycles. The van der Waals surface area contributed by atoms with Crippen LogP contribution < -0.4 is 5.32 Å². The van der Waals surface area contributed by atoms with E-state index >= 15 is 0 Å². The third kappa shape index (κ3) is 2.61. The van der Waals surface area contributed by atoms with Crippen LogP contribution in [0, 0.1) is 5.92 Å². The van der Waals surface area contributed by atoms with E-state index in [0.717, 1.165) is 34.9 Å². The zero-order valence-electron chi connectivity index (χ0n) is 12.5. The maximum absolute atomic E-state index is 12.4. The van der Waals surface area contributed by atoms with E-state index in [2.05, 4.69) is 15.2 Å². The van der Waals surface area contributed by atoms with Gasteiger partial charge < -0.3 is 14.6 Å². The van der Waals surface area contributed by atoms with Gasteiger partial charge >= 0.3 is 0 Å². The van der Waals surface area contributed by atoms with Crippen LogP contribution in [0.2, 0.25) is 0 Å². The van der Waals surface area contributed by atoms with Crippen molar-refractivity contribution >= 4 is 28.6 Å². The Labute approximate surface area is 133 Å². The molecule has 6 heteroatoms. The minimum absolute atomic E-state index is 0.100. The van der Waals surface area contributed by atoms with Crippen LogP contribution in [0.1, 0.15) is 23.3 Å². The highest BCUT2D eigenvalue weighted by atomic mass is 32.2. The molecule has 1 amide bonds. The van der Waals surface area contributed by atoms with Gasteiger partial charge in [-0.2, -0.15) is 0 Å². The van der Waals surface area contributed by atoms with Crippen molar-refractivity contribution in [3.8, 4) is 0 Å². The van der Waals surface area contributed by atoms with Crippen molar-refractivity contribution in [3.05, 3.63) is 24.0 Å². The molecule has 2 saturated heterocycles. The van der Waals surface area contributed by atoms with E-state index < -0.39 is 0 Å². The van der Waals surface area contributed by atoms with E-state index in [9.17, 15) is 4.79 Å². The molecule has 2 aliphatic heterocycles. The third-order valence-corrected chi connectivity index (χ3v) is 5.22. The lowest BCUT2D eigenvalue weighted by Crippen LogP contribution is -2.47. The average Bonchev–Trinajstić information content (AvgIpc) is 3.09. The summed E-state index contributed by atoms with van der Waals surface area (Å²) in [5.41, 5.74) is 1.15. The summed E-state index contributed by atoms with van der Waals surface area (Å²) in [5.74, 6) is 0.639. The number of nitrogens with one attached hydrogen (secondary N) is 1. The van der Waals surface area contributed by atoms with E-state index in [4.69, 9.17) is 4.42 Å². The van der Waals surface area contributed by atoms with Crippen LogP contribution in [-0.2, 0) is 0 Å². The molecular formula is C16H19N3O2S. The second-order valence-electron chi connectivity index (χ2n) is 6.20. The molecule has 0 aromatic carbocycles. The minimum Gasteiger partial charge on any atom is -0.450 e. The molecule has 2 bridgehead atoms. The van der Waals surface area contributed by atoms with Crippen LogP contribution in [0.25, 0.3) is 11.0 Å². The van der Waals surface area contributed by atoms with Crippen molar-refractivity contribution in [2.45, 2.75) is 24.0 Å². The van der Waals surface area contributed by atoms with Crippen LogP contribution in [0.3, 0.4) is 0 Å². The quantitative estimate of drug-likeness (QED) is 0.881. The number of piperidine rings is 1. The lowest BCUT2D eigenvalue weighted by Gasteiger charge is -2.30. The van der Waals surface area contributed by atoms with Gasteiger partial charge in [0.15, 0.2) is 5.09 Å². The summed E-state index contributed by atoms with van der Waals surface area (Å²) in [6.07, 6.45) is 6.02. The highest BCUT2D eigenvalue weighted by Crippen LogP contribution is 2.27. The van der Waals surface area contributed by atoms with Crippen LogP contribution in [0.15, 0.2) is 27.8 Å². The monoisotopic (exact) mass is 317 g/mol. The lowest BCUT2D eigenvalue weighted by molar-refractivity contribution is 0.0904. The van der Waals surface area contributed by atoms with Gasteiger partial charge in [0, 0.05) is 42.8 Å². The van der Waals surface area contributed by atoms with Crippen LogP contribution in [-0.4, -0.2) is 47.7 Å². The Hall–Kier alpha value is -1.53. The molecule has 4 rings (SSSR count). The minimum atomic E-state index is -0.100. The molecule has 3 atom stereocenters. The van der Waals surface area contributed by atoms with Crippen molar-refractivity contribution in [1.29, 1.82) is 0 Å². The van der Waals surface area contributed by atoms with Crippen molar-refractivity contribution < 1.29 is 9.21 Å². The van der Waals surface area contributed by atoms with Gasteiger partial charge in [-0.15, -0.1) is 0 Å². The van der Waals surface area contributed by atoms with Crippen molar-refractivity contribution in [2.24, 2.45) is 5.92 Å². The summed E-state index contributed by atoms with van der Waals surface area (Å²) < 4.78 is 5.68. The zero-order valence-corrected chi connectivity index (χ0v) is 13.4. The number of carbonyl (C=O) groups is 1. The van der Waals surface area contributed by atoms with Gasteiger partial charge in [-0.3, -0.25) is 9.78 Å². The van der Waals surface area contributed by atoms with Crippen LogP contribution in [0.4, 0.5) is 0 Å². The predicted molar refractivity (Wildman–Crippen MR) is 86.2 cm³/mol. The predicted octanol–water partition coefficient (Wildman–Crippen LogP) is 2.37. The lowest BCUT2D eigenvalue weighted by atomic mass is 9.97. The first-order valence-electron chi connectivity index (χ1n) is 7.68. The van der Waals surface area contributed by atoms with Gasteiger partial charge in [0.2, 0.25) is 0 Å². The number of thioether (sulfide) groups is 1. The van der Waals surface area contributed by atoms with Crippen LogP contribution in [0.5, 0.6) is 0 Å². The molecular weight excluding hydrogens is 298 g/mol. The topological polar surface area (TPSA) is 58.4 Å². The second-order valence-corrected chi connectivity index (χ2v) is 7.01. The van der Waals surface area contributed by atoms with Gasteiger partial charge in [-0.25, -0.2) is 0 Å². The smallest absolute Gasteiger partial charge is 0.270 e. The van der Waals surface area contributed by atoms with E-state index in [1.807, 2.05) is 12.3 Å². The number of furan rings is 1. The summed E-state index contributed by atoms with van der Waals surface area (Å²) >= 11 is 1.54. The van der Waals surface area contributed by atoms with Gasteiger partial charge in [-0.1, -0.05) is 11.8 Å². The molecule has 0 radical (unpaired) electrons. The maximum atomic E-state index is 12.4. The number of fused-ring (bicyclic) bond motifs is 3. The Morgan fingerprint density at radius 3 is 3.18 bits per heavy atom. The fourth-order valence-electron chi connectivity index (χ4n) is 3.56. The van der Waals surface area contributed by atoms with Crippen molar-refractivity contribution in [3.63, 3.8) is 0 Å². The summed E-state index contributed by atoms with van der Waals surface area (Å²) in [5, 5.41) is 4.90. The molecule has 0 spiro atoms. The molecule has 2 fully saturated rings. The average molecular weight is 317 g/mol. The molecule has 0 saturated carbocycles. The third-order valence-electron chi connectivity index (χ3n) is 4.61. The number of rotatable bonds is 3. The molecule has 116 valence electrons. The molecule has 1 N–H and O–H groups in total. The molecule has 4 heterocycles. The summed E-state index contributed by atoms with van der Waals surface area (Å²) in [7, 11) is 0. The largest absolute Gasteiger partial charge is 0.450 e. The Morgan fingerprint density at radius 1 is 1.45 bits per heavy atom. The maximum Gasteiger partial charge on any atom is 0.270 e. The van der Waals surface area contributed by atoms with E-state index in [1.165, 1.54) is 19.5 Å². The normalized spacial score (nSPS) is 27.2. The molecule has 22 heavy (non-hydrogen) atoms. The Kier molecular flexibility index (Phi) is 3.58. The Balaban J connectivity index is 1.50. The summed E-state index contributed by atoms with van der Waals surface area (Å²) in [6, 6.07) is 3.92. The van der Waals surface area contributed by atoms with Crippen LogP contribution >= 0.6 is 11.8 Å². The van der Waals surface area contributed by atoms with Crippen molar-refractivity contribution in [1.82, 2.24) is 15.2 Å². The Morgan fingerprint density at radius 2 is 2.36 bits per heavy atom. The highest BCUT2D eigenvalue weighted by Gasteiger charge is 2.33. The van der Waals surface area contributed by atoms with Gasteiger partial charge in [-0.05, 0) is 31.6 Å². The number of hydrogen-bond acceptors (Lipinski definition) is 5. The number of pyridine rings is 1. The van der Waals surface area contributed by atoms with Gasteiger partial charge in [0.25, 0.3) is 5.91 Å².